The Morgan fingerprint density at radius 3 is 3.31 bits per heavy atom. The van der Waals surface area contributed by atoms with Crippen LogP contribution in [0.15, 0.2) is 18.5 Å². The SMILES string of the molecule is Nc1cnc2cc(CC3CCOC3)nn2c1. The second kappa shape index (κ2) is 3.75. The lowest BCUT2D eigenvalue weighted by Gasteiger charge is -2.02. The van der Waals surface area contributed by atoms with Crippen LogP contribution in [-0.2, 0) is 11.2 Å². The van der Waals surface area contributed by atoms with Gasteiger partial charge in [0.25, 0.3) is 0 Å². The zero-order valence-electron chi connectivity index (χ0n) is 8.97. The lowest BCUT2D eigenvalue weighted by molar-refractivity contribution is 0.185. The summed E-state index contributed by atoms with van der Waals surface area (Å²) in [5, 5.41) is 4.46. The van der Waals surface area contributed by atoms with E-state index in [1.807, 2.05) is 6.07 Å². The van der Waals surface area contributed by atoms with Crippen LogP contribution in [0, 0.1) is 5.92 Å². The van der Waals surface area contributed by atoms with Crippen LogP contribution in [0.5, 0.6) is 0 Å². The van der Waals surface area contributed by atoms with Gasteiger partial charge in [-0.1, -0.05) is 0 Å². The van der Waals surface area contributed by atoms with Gasteiger partial charge in [-0.15, -0.1) is 0 Å². The standard InChI is InChI=1S/C11H14N4O/c12-9-5-13-11-4-10(14-15(11)6-9)3-8-1-2-16-7-8/h4-6,8H,1-3,7,12H2. The molecule has 16 heavy (non-hydrogen) atoms. The van der Waals surface area contributed by atoms with E-state index in [2.05, 4.69) is 10.1 Å². The average molecular weight is 218 g/mol. The molecule has 1 fully saturated rings. The molecule has 2 aromatic rings. The second-order valence-electron chi connectivity index (χ2n) is 4.26. The number of fused-ring (bicyclic) bond motifs is 1. The van der Waals surface area contributed by atoms with Crippen LogP contribution in [0.1, 0.15) is 12.1 Å². The molecule has 5 heteroatoms. The highest BCUT2D eigenvalue weighted by atomic mass is 16.5. The fourth-order valence-corrected chi connectivity index (χ4v) is 2.08. The number of ether oxygens (including phenoxy) is 1. The predicted octanol–water partition coefficient (Wildman–Crippen LogP) is 0.890. The van der Waals surface area contributed by atoms with Gasteiger partial charge < -0.3 is 10.5 Å². The molecule has 0 aliphatic carbocycles. The van der Waals surface area contributed by atoms with E-state index in [0.717, 1.165) is 37.4 Å². The van der Waals surface area contributed by atoms with Gasteiger partial charge in [0.05, 0.1) is 23.8 Å². The minimum absolute atomic E-state index is 0.599. The topological polar surface area (TPSA) is 65.4 Å². The summed E-state index contributed by atoms with van der Waals surface area (Å²) in [4.78, 5) is 4.22. The van der Waals surface area contributed by atoms with Gasteiger partial charge in [0.2, 0.25) is 0 Å². The summed E-state index contributed by atoms with van der Waals surface area (Å²) in [5.41, 5.74) is 8.20. The molecule has 0 aromatic carbocycles. The van der Waals surface area contributed by atoms with Crippen molar-refractivity contribution < 1.29 is 4.74 Å². The Kier molecular flexibility index (Phi) is 2.25. The van der Waals surface area contributed by atoms with E-state index in [1.165, 1.54) is 0 Å². The number of nitrogens with zero attached hydrogens (tertiary/aromatic N) is 3. The molecule has 2 N–H and O–H groups in total. The van der Waals surface area contributed by atoms with Crippen molar-refractivity contribution in [2.45, 2.75) is 12.8 Å². The highest BCUT2D eigenvalue weighted by Gasteiger charge is 2.17. The largest absolute Gasteiger partial charge is 0.396 e. The molecule has 0 amide bonds. The Morgan fingerprint density at radius 2 is 2.50 bits per heavy atom. The summed E-state index contributed by atoms with van der Waals surface area (Å²) < 4.78 is 7.09. The first-order valence-electron chi connectivity index (χ1n) is 5.49. The first-order valence-corrected chi connectivity index (χ1v) is 5.49. The van der Waals surface area contributed by atoms with E-state index in [0.29, 0.717) is 11.6 Å². The number of hydrogen-bond acceptors (Lipinski definition) is 4. The molecule has 0 bridgehead atoms. The summed E-state index contributed by atoms with van der Waals surface area (Å²) in [6, 6.07) is 2.01. The number of anilines is 1. The van der Waals surface area contributed by atoms with Gasteiger partial charge in [-0.25, -0.2) is 9.50 Å². The average Bonchev–Trinajstić information content (AvgIpc) is 2.86. The minimum Gasteiger partial charge on any atom is -0.396 e. The van der Waals surface area contributed by atoms with Crippen LogP contribution in [-0.4, -0.2) is 27.8 Å². The van der Waals surface area contributed by atoms with Gasteiger partial charge in [-0.3, -0.25) is 0 Å². The third-order valence-corrected chi connectivity index (χ3v) is 2.91. The van der Waals surface area contributed by atoms with E-state index in [4.69, 9.17) is 10.5 Å². The number of rotatable bonds is 2. The first-order chi connectivity index (χ1) is 7.81. The molecule has 3 heterocycles. The molecule has 84 valence electrons. The monoisotopic (exact) mass is 218 g/mol. The zero-order valence-corrected chi connectivity index (χ0v) is 8.97. The van der Waals surface area contributed by atoms with Crippen LogP contribution >= 0.6 is 0 Å². The van der Waals surface area contributed by atoms with Crippen molar-refractivity contribution in [1.82, 2.24) is 14.6 Å². The normalized spacial score (nSPS) is 20.6. The molecule has 0 spiro atoms. The van der Waals surface area contributed by atoms with Crippen molar-refractivity contribution in [2.75, 3.05) is 18.9 Å². The summed E-state index contributed by atoms with van der Waals surface area (Å²) in [7, 11) is 0. The van der Waals surface area contributed by atoms with E-state index >= 15 is 0 Å². The second-order valence-corrected chi connectivity index (χ2v) is 4.26. The van der Waals surface area contributed by atoms with E-state index in [-0.39, 0.29) is 0 Å². The Morgan fingerprint density at radius 1 is 1.56 bits per heavy atom. The quantitative estimate of drug-likeness (QED) is 0.813. The van der Waals surface area contributed by atoms with Crippen molar-refractivity contribution in [3.05, 3.63) is 24.2 Å². The fourth-order valence-electron chi connectivity index (χ4n) is 2.08. The van der Waals surface area contributed by atoms with Crippen molar-refractivity contribution in [3.63, 3.8) is 0 Å². The first kappa shape index (κ1) is 9.59. The van der Waals surface area contributed by atoms with E-state index in [9.17, 15) is 0 Å². The van der Waals surface area contributed by atoms with E-state index in [1.54, 1.807) is 16.9 Å². The third-order valence-electron chi connectivity index (χ3n) is 2.91. The molecular weight excluding hydrogens is 204 g/mol. The molecule has 0 saturated carbocycles. The van der Waals surface area contributed by atoms with Gasteiger partial charge in [-0.05, 0) is 18.8 Å². The molecule has 1 aliphatic rings. The molecular formula is C11H14N4O. The Labute approximate surface area is 93.2 Å². The zero-order chi connectivity index (χ0) is 11.0. The van der Waals surface area contributed by atoms with Crippen molar-refractivity contribution >= 4 is 11.3 Å². The Balaban J connectivity index is 1.86. The maximum Gasteiger partial charge on any atom is 0.155 e. The van der Waals surface area contributed by atoms with E-state index < -0.39 is 0 Å². The summed E-state index contributed by atoms with van der Waals surface area (Å²) in [6.45, 7) is 1.73. The molecule has 3 rings (SSSR count). The van der Waals surface area contributed by atoms with Gasteiger partial charge in [0.1, 0.15) is 0 Å². The molecule has 1 atom stereocenters. The van der Waals surface area contributed by atoms with Gasteiger partial charge in [0.15, 0.2) is 5.65 Å². The van der Waals surface area contributed by atoms with Crippen LogP contribution in [0.4, 0.5) is 5.69 Å². The lowest BCUT2D eigenvalue weighted by Crippen LogP contribution is -2.04. The summed E-state index contributed by atoms with van der Waals surface area (Å²) in [6.07, 6.45) is 5.53. The smallest absolute Gasteiger partial charge is 0.155 e. The van der Waals surface area contributed by atoms with Crippen molar-refractivity contribution in [2.24, 2.45) is 5.92 Å². The highest BCUT2D eigenvalue weighted by Crippen LogP contribution is 2.18. The maximum absolute atomic E-state index is 5.65. The third kappa shape index (κ3) is 1.74. The Bertz CT molecular complexity index is 502. The van der Waals surface area contributed by atoms with Gasteiger partial charge in [-0.2, -0.15) is 5.10 Å². The highest BCUT2D eigenvalue weighted by molar-refractivity contribution is 5.44. The molecule has 1 aliphatic heterocycles. The van der Waals surface area contributed by atoms with Crippen LogP contribution in [0.25, 0.3) is 5.65 Å². The Hall–Kier alpha value is -1.62. The number of aromatic nitrogens is 3. The number of nitrogen functional groups attached to an aromatic ring is 1. The molecule has 1 saturated heterocycles. The number of nitrogens with two attached hydrogens (primary N) is 1. The molecule has 0 radical (unpaired) electrons. The van der Waals surface area contributed by atoms with Crippen LogP contribution in [0.3, 0.4) is 0 Å². The summed E-state index contributed by atoms with van der Waals surface area (Å²) in [5.74, 6) is 0.599. The molecule has 5 nitrogen and oxygen atoms in total. The van der Waals surface area contributed by atoms with Crippen molar-refractivity contribution in [1.29, 1.82) is 0 Å². The van der Waals surface area contributed by atoms with Crippen LogP contribution in [0.2, 0.25) is 0 Å². The molecule has 1 unspecified atom stereocenters. The van der Waals surface area contributed by atoms with Crippen LogP contribution < -0.4 is 5.73 Å². The van der Waals surface area contributed by atoms with Gasteiger partial charge >= 0.3 is 0 Å². The van der Waals surface area contributed by atoms with Gasteiger partial charge in [0, 0.05) is 19.3 Å². The van der Waals surface area contributed by atoms with Crippen molar-refractivity contribution in [3.8, 4) is 0 Å². The maximum atomic E-state index is 5.65. The predicted molar refractivity (Wildman–Crippen MR) is 60.0 cm³/mol. The molecule has 2 aromatic heterocycles. The lowest BCUT2D eigenvalue weighted by atomic mass is 10.0. The minimum atomic E-state index is 0.599. The summed E-state index contributed by atoms with van der Waals surface area (Å²) >= 11 is 0. The number of hydrogen-bond donors (Lipinski definition) is 1. The fraction of sp³-hybridized carbons (Fsp3) is 0.455.